The molecule has 0 radical (unpaired) electrons. The molecule has 2 rings (SSSR count). The summed E-state index contributed by atoms with van der Waals surface area (Å²) in [6.07, 6.45) is 2.17. The monoisotopic (exact) mass is 227 g/mol. The maximum Gasteiger partial charge on any atom is 0.317 e. The molecule has 2 saturated heterocycles. The molecule has 0 saturated carbocycles. The first-order valence-corrected chi connectivity index (χ1v) is 6.15. The normalized spacial score (nSPS) is 23.8. The second-order valence-corrected chi connectivity index (χ2v) is 4.69. The second kappa shape index (κ2) is 5.50. The fourth-order valence-corrected chi connectivity index (χ4v) is 2.38. The van der Waals surface area contributed by atoms with Gasteiger partial charge in [-0.2, -0.15) is 0 Å². The van der Waals surface area contributed by atoms with Crippen molar-refractivity contribution in [1.29, 1.82) is 0 Å². The minimum absolute atomic E-state index is 0.0743. The van der Waals surface area contributed by atoms with E-state index in [0.29, 0.717) is 12.5 Å². The molecule has 0 aromatic heterocycles. The third-order valence-electron chi connectivity index (χ3n) is 3.60. The summed E-state index contributed by atoms with van der Waals surface area (Å²) in [4.78, 5) is 15.6. The number of hydrogen-bond acceptors (Lipinski definition) is 3. The van der Waals surface area contributed by atoms with Gasteiger partial charge in [0.25, 0.3) is 0 Å². The van der Waals surface area contributed by atoms with Crippen molar-refractivity contribution >= 4 is 6.03 Å². The highest BCUT2D eigenvalue weighted by Gasteiger charge is 2.22. The van der Waals surface area contributed by atoms with Gasteiger partial charge in [0, 0.05) is 32.8 Å². The van der Waals surface area contributed by atoms with Crippen molar-refractivity contribution in [3.8, 4) is 0 Å². The van der Waals surface area contributed by atoms with E-state index in [-0.39, 0.29) is 6.03 Å². The van der Waals surface area contributed by atoms with Crippen LogP contribution < -0.4 is 5.32 Å². The molecular formula is C11H21N3O2. The number of likely N-dealkylation sites (tertiary alicyclic amines) is 1. The van der Waals surface area contributed by atoms with E-state index >= 15 is 0 Å². The van der Waals surface area contributed by atoms with E-state index in [1.165, 1.54) is 0 Å². The molecule has 5 heteroatoms. The predicted octanol–water partition coefficient (Wildman–Crippen LogP) is -0.284. The highest BCUT2D eigenvalue weighted by Crippen LogP contribution is 2.15. The van der Waals surface area contributed by atoms with E-state index < -0.39 is 0 Å². The fourth-order valence-electron chi connectivity index (χ4n) is 2.38. The van der Waals surface area contributed by atoms with Gasteiger partial charge < -0.3 is 20.2 Å². The van der Waals surface area contributed by atoms with Crippen molar-refractivity contribution in [3.05, 3.63) is 0 Å². The Hall–Kier alpha value is -0.810. The average molecular weight is 227 g/mol. The van der Waals surface area contributed by atoms with Crippen molar-refractivity contribution in [2.24, 2.45) is 5.92 Å². The van der Waals surface area contributed by atoms with Gasteiger partial charge in [0.15, 0.2) is 0 Å². The van der Waals surface area contributed by atoms with Gasteiger partial charge in [0.2, 0.25) is 0 Å². The van der Waals surface area contributed by atoms with Crippen LogP contribution in [-0.4, -0.2) is 66.8 Å². The summed E-state index contributed by atoms with van der Waals surface area (Å²) < 4.78 is 0. The molecular weight excluding hydrogens is 206 g/mol. The van der Waals surface area contributed by atoms with Gasteiger partial charge in [0.05, 0.1) is 0 Å². The highest BCUT2D eigenvalue weighted by molar-refractivity contribution is 5.76. The van der Waals surface area contributed by atoms with E-state index in [0.717, 1.165) is 52.1 Å². The maximum atomic E-state index is 11.3. The minimum Gasteiger partial charge on any atom is -0.396 e. The number of amides is 2. The second-order valence-electron chi connectivity index (χ2n) is 4.69. The molecule has 16 heavy (non-hydrogen) atoms. The number of nitrogens with zero attached hydrogens (tertiary/aromatic N) is 2. The van der Waals surface area contributed by atoms with E-state index in [1.54, 1.807) is 0 Å². The number of nitrogens with one attached hydrogen (secondary N) is 1. The summed E-state index contributed by atoms with van der Waals surface area (Å²) in [6, 6.07) is 0.0743. The van der Waals surface area contributed by atoms with Crippen molar-refractivity contribution in [1.82, 2.24) is 15.1 Å². The molecule has 5 nitrogen and oxygen atoms in total. The van der Waals surface area contributed by atoms with E-state index in [4.69, 9.17) is 5.11 Å². The number of aliphatic hydroxyl groups excluding tert-OH is 1. The first kappa shape index (κ1) is 11.7. The number of urea groups is 1. The standard InChI is InChI=1S/C11H21N3O2/c15-9-10-1-4-13(5-2-10)7-8-14-6-3-12-11(14)16/h10,15H,1-9H2,(H,12,16). The zero-order chi connectivity index (χ0) is 11.4. The van der Waals surface area contributed by atoms with Gasteiger partial charge in [-0.25, -0.2) is 4.79 Å². The lowest BCUT2D eigenvalue weighted by Crippen LogP contribution is -2.41. The quantitative estimate of drug-likeness (QED) is 0.694. The number of aliphatic hydroxyl groups is 1. The van der Waals surface area contributed by atoms with Crippen LogP contribution in [0.2, 0.25) is 0 Å². The SMILES string of the molecule is O=C1NCCN1CCN1CCC(CO)CC1. The Balaban J connectivity index is 1.65. The molecule has 0 bridgehead atoms. The molecule has 2 amide bonds. The van der Waals surface area contributed by atoms with Crippen molar-refractivity contribution in [2.75, 3.05) is 45.9 Å². The van der Waals surface area contributed by atoms with Gasteiger partial charge in [-0.05, 0) is 31.8 Å². The van der Waals surface area contributed by atoms with Gasteiger partial charge in [0.1, 0.15) is 0 Å². The first-order chi connectivity index (χ1) is 7.79. The molecule has 2 aliphatic rings. The van der Waals surface area contributed by atoms with Crippen LogP contribution in [0.4, 0.5) is 4.79 Å². The van der Waals surface area contributed by atoms with Gasteiger partial charge in [-0.3, -0.25) is 0 Å². The highest BCUT2D eigenvalue weighted by atomic mass is 16.3. The zero-order valence-corrected chi connectivity index (χ0v) is 9.69. The number of piperidine rings is 1. The average Bonchev–Trinajstić information content (AvgIpc) is 2.73. The van der Waals surface area contributed by atoms with Crippen LogP contribution in [0.1, 0.15) is 12.8 Å². The third kappa shape index (κ3) is 2.86. The van der Waals surface area contributed by atoms with Crippen molar-refractivity contribution in [2.45, 2.75) is 12.8 Å². The fraction of sp³-hybridized carbons (Fsp3) is 0.909. The van der Waals surface area contributed by atoms with E-state index in [9.17, 15) is 4.79 Å². The largest absolute Gasteiger partial charge is 0.396 e. The molecule has 0 spiro atoms. The molecule has 2 aliphatic heterocycles. The summed E-state index contributed by atoms with van der Waals surface area (Å²) in [5.41, 5.74) is 0. The lowest BCUT2D eigenvalue weighted by Gasteiger charge is -2.31. The molecule has 2 heterocycles. The maximum absolute atomic E-state index is 11.3. The Morgan fingerprint density at radius 2 is 2.00 bits per heavy atom. The van der Waals surface area contributed by atoms with Crippen LogP contribution in [0, 0.1) is 5.92 Å². The molecule has 0 atom stereocenters. The van der Waals surface area contributed by atoms with Crippen LogP contribution >= 0.6 is 0 Å². The molecule has 92 valence electrons. The molecule has 0 aliphatic carbocycles. The van der Waals surface area contributed by atoms with Crippen molar-refractivity contribution in [3.63, 3.8) is 0 Å². The van der Waals surface area contributed by atoms with E-state index in [2.05, 4.69) is 10.2 Å². The topological polar surface area (TPSA) is 55.8 Å². The van der Waals surface area contributed by atoms with Gasteiger partial charge >= 0.3 is 6.03 Å². The molecule has 0 aromatic carbocycles. The Morgan fingerprint density at radius 3 is 2.56 bits per heavy atom. The molecule has 2 fully saturated rings. The van der Waals surface area contributed by atoms with Crippen LogP contribution in [0.25, 0.3) is 0 Å². The summed E-state index contributed by atoms with van der Waals surface area (Å²) >= 11 is 0. The summed E-state index contributed by atoms with van der Waals surface area (Å²) in [7, 11) is 0. The Kier molecular flexibility index (Phi) is 4.01. The number of carbonyl (C=O) groups is 1. The summed E-state index contributed by atoms with van der Waals surface area (Å²) in [6.45, 7) is 5.85. The lowest BCUT2D eigenvalue weighted by molar-refractivity contribution is 0.125. The number of rotatable bonds is 4. The lowest BCUT2D eigenvalue weighted by atomic mass is 9.98. The molecule has 2 N–H and O–H groups in total. The summed E-state index contributed by atoms with van der Waals surface area (Å²) in [5, 5.41) is 11.8. The molecule has 0 aromatic rings. The van der Waals surface area contributed by atoms with Crippen molar-refractivity contribution < 1.29 is 9.90 Å². The van der Waals surface area contributed by atoms with Crippen LogP contribution in [0.5, 0.6) is 0 Å². The third-order valence-corrected chi connectivity index (χ3v) is 3.60. The molecule has 0 unspecified atom stereocenters. The Morgan fingerprint density at radius 1 is 1.25 bits per heavy atom. The first-order valence-electron chi connectivity index (χ1n) is 6.15. The van der Waals surface area contributed by atoms with E-state index in [1.807, 2.05) is 4.90 Å². The Bertz CT molecular complexity index is 239. The van der Waals surface area contributed by atoms with Crippen LogP contribution in [0.15, 0.2) is 0 Å². The minimum atomic E-state index is 0.0743. The van der Waals surface area contributed by atoms with Gasteiger partial charge in [-0.15, -0.1) is 0 Å². The summed E-state index contributed by atoms with van der Waals surface area (Å²) in [5.74, 6) is 0.492. The number of carbonyl (C=O) groups excluding carboxylic acids is 1. The van der Waals surface area contributed by atoms with Gasteiger partial charge in [-0.1, -0.05) is 0 Å². The smallest absolute Gasteiger partial charge is 0.317 e. The van der Waals surface area contributed by atoms with Crippen LogP contribution in [-0.2, 0) is 0 Å². The Labute approximate surface area is 96.4 Å². The number of hydrogen-bond donors (Lipinski definition) is 2. The van der Waals surface area contributed by atoms with Crippen LogP contribution in [0.3, 0.4) is 0 Å². The predicted molar refractivity (Wildman–Crippen MR) is 61.2 cm³/mol. The zero-order valence-electron chi connectivity index (χ0n) is 9.69.